The SMILES string of the molecule is CC(C)(SCCc1nc2ccc(F)cc2[nH]1)C(=O)O. The lowest BCUT2D eigenvalue weighted by molar-refractivity contribution is -0.138. The van der Waals surface area contributed by atoms with Crippen LogP contribution in [0.25, 0.3) is 11.0 Å². The second-order valence-corrected chi connectivity index (χ2v) is 6.48. The third-order valence-corrected chi connectivity index (χ3v) is 4.11. The third-order valence-electron chi connectivity index (χ3n) is 2.81. The number of aryl methyl sites for hydroxylation is 1. The van der Waals surface area contributed by atoms with Gasteiger partial charge in [0.25, 0.3) is 0 Å². The summed E-state index contributed by atoms with van der Waals surface area (Å²) in [4.78, 5) is 18.3. The largest absolute Gasteiger partial charge is 0.480 e. The summed E-state index contributed by atoms with van der Waals surface area (Å²) < 4.78 is 12.2. The van der Waals surface area contributed by atoms with Crippen LogP contribution in [-0.4, -0.2) is 31.5 Å². The molecule has 4 nitrogen and oxygen atoms in total. The zero-order valence-corrected chi connectivity index (χ0v) is 11.6. The summed E-state index contributed by atoms with van der Waals surface area (Å²) in [5.41, 5.74) is 1.39. The van der Waals surface area contributed by atoms with Crippen LogP contribution < -0.4 is 0 Å². The first-order valence-corrected chi connectivity index (χ1v) is 6.88. The standard InChI is InChI=1S/C13H15FN2O2S/c1-13(2,12(17)18)19-6-5-11-15-9-4-3-8(14)7-10(9)16-11/h3-4,7H,5-6H2,1-2H3,(H,15,16)(H,17,18). The molecule has 0 aliphatic rings. The number of aromatic nitrogens is 2. The molecule has 1 heterocycles. The highest BCUT2D eigenvalue weighted by atomic mass is 32.2. The van der Waals surface area contributed by atoms with E-state index >= 15 is 0 Å². The van der Waals surface area contributed by atoms with Crippen LogP contribution >= 0.6 is 11.8 Å². The molecule has 2 N–H and O–H groups in total. The van der Waals surface area contributed by atoms with E-state index in [0.29, 0.717) is 17.7 Å². The van der Waals surface area contributed by atoms with Gasteiger partial charge in [0.2, 0.25) is 0 Å². The number of hydrogen-bond donors (Lipinski definition) is 2. The fraction of sp³-hybridized carbons (Fsp3) is 0.385. The van der Waals surface area contributed by atoms with Gasteiger partial charge in [-0.15, -0.1) is 11.8 Å². The van der Waals surface area contributed by atoms with Crippen molar-refractivity contribution in [2.24, 2.45) is 0 Å². The smallest absolute Gasteiger partial charge is 0.319 e. The number of carboxylic acid groups (broad SMARTS) is 1. The van der Waals surface area contributed by atoms with E-state index < -0.39 is 10.7 Å². The molecule has 0 amide bonds. The molecule has 1 aromatic heterocycles. The van der Waals surface area contributed by atoms with Crippen molar-refractivity contribution in [3.63, 3.8) is 0 Å². The average Bonchev–Trinajstić information content (AvgIpc) is 2.70. The van der Waals surface area contributed by atoms with Crippen molar-refractivity contribution >= 4 is 28.8 Å². The quantitative estimate of drug-likeness (QED) is 0.885. The monoisotopic (exact) mass is 282 g/mol. The first kappa shape index (κ1) is 13.9. The van der Waals surface area contributed by atoms with Gasteiger partial charge in [-0.3, -0.25) is 4.79 Å². The van der Waals surface area contributed by atoms with E-state index in [1.165, 1.54) is 23.9 Å². The molecular weight excluding hydrogens is 267 g/mol. The topological polar surface area (TPSA) is 66.0 Å². The molecule has 0 spiro atoms. The Kier molecular flexibility index (Phi) is 3.80. The highest BCUT2D eigenvalue weighted by molar-refractivity contribution is 8.01. The molecule has 0 saturated heterocycles. The van der Waals surface area contributed by atoms with E-state index in [1.807, 2.05) is 0 Å². The number of aromatic amines is 1. The van der Waals surface area contributed by atoms with Gasteiger partial charge >= 0.3 is 5.97 Å². The summed E-state index contributed by atoms with van der Waals surface area (Å²) in [6.45, 7) is 3.35. The van der Waals surface area contributed by atoms with Crippen LogP contribution in [0.3, 0.4) is 0 Å². The number of thioether (sulfide) groups is 1. The molecule has 102 valence electrons. The Morgan fingerprint density at radius 2 is 2.26 bits per heavy atom. The number of H-pyrrole nitrogens is 1. The van der Waals surface area contributed by atoms with Crippen LogP contribution in [0.5, 0.6) is 0 Å². The number of carbonyl (C=O) groups is 1. The number of nitrogens with zero attached hydrogens (tertiary/aromatic N) is 1. The Morgan fingerprint density at radius 3 is 2.95 bits per heavy atom. The minimum absolute atomic E-state index is 0.302. The van der Waals surface area contributed by atoms with E-state index in [0.717, 1.165) is 11.3 Å². The average molecular weight is 282 g/mol. The summed E-state index contributed by atoms with van der Waals surface area (Å²) in [5.74, 6) is 0.254. The van der Waals surface area contributed by atoms with Crippen molar-refractivity contribution in [2.45, 2.75) is 25.0 Å². The normalized spacial score (nSPS) is 11.9. The van der Waals surface area contributed by atoms with Gasteiger partial charge in [-0.05, 0) is 32.0 Å². The van der Waals surface area contributed by atoms with Gasteiger partial charge < -0.3 is 10.1 Å². The molecule has 19 heavy (non-hydrogen) atoms. The van der Waals surface area contributed by atoms with Crippen molar-refractivity contribution in [3.05, 3.63) is 29.8 Å². The van der Waals surface area contributed by atoms with Crippen molar-refractivity contribution in [3.8, 4) is 0 Å². The predicted molar refractivity (Wildman–Crippen MR) is 73.9 cm³/mol. The Labute approximate surface area is 114 Å². The summed E-state index contributed by atoms with van der Waals surface area (Å²) in [7, 11) is 0. The molecule has 0 atom stereocenters. The Morgan fingerprint density at radius 1 is 1.53 bits per heavy atom. The zero-order valence-electron chi connectivity index (χ0n) is 10.7. The molecule has 0 fully saturated rings. The number of halogens is 1. The number of imidazole rings is 1. The van der Waals surface area contributed by atoms with Gasteiger partial charge in [-0.1, -0.05) is 0 Å². The summed E-state index contributed by atoms with van der Waals surface area (Å²) in [5, 5.41) is 9.00. The molecule has 0 aliphatic carbocycles. The number of aliphatic carboxylic acids is 1. The molecule has 0 radical (unpaired) electrons. The second-order valence-electron chi connectivity index (χ2n) is 4.76. The number of nitrogens with one attached hydrogen (secondary N) is 1. The lowest BCUT2D eigenvalue weighted by atomic mass is 10.2. The van der Waals surface area contributed by atoms with E-state index in [1.54, 1.807) is 19.9 Å². The molecule has 1 aromatic carbocycles. The Hall–Kier alpha value is -1.56. The summed E-state index contributed by atoms with van der Waals surface area (Å²) in [6, 6.07) is 4.40. The fourth-order valence-corrected chi connectivity index (χ4v) is 2.55. The van der Waals surface area contributed by atoms with Gasteiger partial charge in [-0.25, -0.2) is 9.37 Å². The summed E-state index contributed by atoms with van der Waals surface area (Å²) in [6.07, 6.45) is 0.623. The zero-order chi connectivity index (χ0) is 14.0. The summed E-state index contributed by atoms with van der Waals surface area (Å²) >= 11 is 1.36. The van der Waals surface area contributed by atoms with Crippen molar-refractivity contribution < 1.29 is 14.3 Å². The van der Waals surface area contributed by atoms with Gasteiger partial charge in [0.05, 0.1) is 11.0 Å². The molecule has 6 heteroatoms. The van der Waals surface area contributed by atoms with Crippen molar-refractivity contribution in [2.75, 3.05) is 5.75 Å². The number of hydrogen-bond acceptors (Lipinski definition) is 3. The molecule has 2 aromatic rings. The van der Waals surface area contributed by atoms with E-state index in [4.69, 9.17) is 5.11 Å². The fourth-order valence-electron chi connectivity index (χ4n) is 1.62. The van der Waals surface area contributed by atoms with E-state index in [9.17, 15) is 9.18 Å². The van der Waals surface area contributed by atoms with Gasteiger partial charge in [0.15, 0.2) is 0 Å². The van der Waals surface area contributed by atoms with Crippen molar-refractivity contribution in [1.29, 1.82) is 0 Å². The molecule has 2 rings (SSSR count). The second kappa shape index (κ2) is 5.21. The number of fused-ring (bicyclic) bond motifs is 1. The van der Waals surface area contributed by atoms with Crippen LogP contribution in [0, 0.1) is 5.82 Å². The van der Waals surface area contributed by atoms with Crippen LogP contribution in [0.1, 0.15) is 19.7 Å². The molecule has 0 bridgehead atoms. The number of benzene rings is 1. The van der Waals surface area contributed by atoms with Gasteiger partial charge in [0.1, 0.15) is 16.4 Å². The lowest BCUT2D eigenvalue weighted by Crippen LogP contribution is -2.27. The molecule has 0 unspecified atom stereocenters. The lowest BCUT2D eigenvalue weighted by Gasteiger charge is -2.17. The Balaban J connectivity index is 2.00. The van der Waals surface area contributed by atoms with Crippen LogP contribution in [0.15, 0.2) is 18.2 Å². The van der Waals surface area contributed by atoms with Crippen LogP contribution in [0.4, 0.5) is 4.39 Å². The highest BCUT2D eigenvalue weighted by Crippen LogP contribution is 2.25. The molecule has 0 saturated carbocycles. The molecule has 0 aliphatic heterocycles. The molecular formula is C13H15FN2O2S. The minimum atomic E-state index is -0.829. The predicted octanol–water partition coefficient (Wildman–Crippen LogP) is 2.84. The van der Waals surface area contributed by atoms with E-state index in [2.05, 4.69) is 9.97 Å². The first-order chi connectivity index (χ1) is 8.88. The maximum absolute atomic E-state index is 13.0. The van der Waals surface area contributed by atoms with E-state index in [-0.39, 0.29) is 5.82 Å². The minimum Gasteiger partial charge on any atom is -0.480 e. The maximum Gasteiger partial charge on any atom is 0.319 e. The number of carboxylic acids is 1. The highest BCUT2D eigenvalue weighted by Gasteiger charge is 2.27. The van der Waals surface area contributed by atoms with Crippen molar-refractivity contribution in [1.82, 2.24) is 9.97 Å². The van der Waals surface area contributed by atoms with Crippen LogP contribution in [-0.2, 0) is 11.2 Å². The third kappa shape index (κ3) is 3.26. The maximum atomic E-state index is 13.0. The van der Waals surface area contributed by atoms with Gasteiger partial charge in [-0.2, -0.15) is 0 Å². The Bertz CT molecular complexity index is 610. The van der Waals surface area contributed by atoms with Crippen LogP contribution in [0.2, 0.25) is 0 Å². The number of rotatable bonds is 5. The first-order valence-electron chi connectivity index (χ1n) is 5.90. The van der Waals surface area contributed by atoms with Gasteiger partial charge in [0, 0.05) is 12.2 Å².